The Hall–Kier alpha value is -2.53. The summed E-state index contributed by atoms with van der Waals surface area (Å²) in [7, 11) is 0. The van der Waals surface area contributed by atoms with Gasteiger partial charge in [-0.25, -0.2) is 0 Å². The Kier molecular flexibility index (Phi) is 4.80. The van der Waals surface area contributed by atoms with Gasteiger partial charge in [0.15, 0.2) is 11.5 Å². The molecule has 4 rings (SSSR count). The third-order valence-electron chi connectivity index (χ3n) is 4.96. The molecule has 136 valence electrons. The second kappa shape index (κ2) is 7.38. The average Bonchev–Trinajstić information content (AvgIpc) is 3.09. The van der Waals surface area contributed by atoms with Gasteiger partial charge in [0.25, 0.3) is 0 Å². The van der Waals surface area contributed by atoms with Crippen LogP contribution in [0, 0.1) is 6.92 Å². The van der Waals surface area contributed by atoms with Gasteiger partial charge in [-0.1, -0.05) is 18.2 Å². The number of rotatable bonds is 4. The molecule has 0 bridgehead atoms. The van der Waals surface area contributed by atoms with E-state index in [1.165, 1.54) is 5.56 Å². The molecule has 0 spiro atoms. The first-order valence-corrected chi connectivity index (χ1v) is 9.19. The number of nitrogens with one attached hydrogen (secondary N) is 1. The predicted octanol–water partition coefficient (Wildman–Crippen LogP) is 3.54. The highest BCUT2D eigenvalue weighted by molar-refractivity contribution is 5.92. The average molecular weight is 352 g/mol. The van der Waals surface area contributed by atoms with Crippen LogP contribution in [-0.4, -0.2) is 37.1 Å². The van der Waals surface area contributed by atoms with Gasteiger partial charge in [-0.3, -0.25) is 9.69 Å². The molecule has 2 aromatic carbocycles. The van der Waals surface area contributed by atoms with E-state index in [1.54, 1.807) is 0 Å². The SMILES string of the molecule is Cc1cccc(NC(=O)CN2CCC[C@H]2c2ccc3c(c2)OCCO3)c1. The molecule has 5 heteroatoms. The zero-order valence-corrected chi connectivity index (χ0v) is 15.0. The minimum absolute atomic E-state index is 0.0278. The highest BCUT2D eigenvalue weighted by atomic mass is 16.6. The Morgan fingerprint density at radius 2 is 2.00 bits per heavy atom. The molecule has 0 unspecified atom stereocenters. The summed E-state index contributed by atoms with van der Waals surface area (Å²) < 4.78 is 11.3. The lowest BCUT2D eigenvalue weighted by Gasteiger charge is -2.26. The van der Waals surface area contributed by atoms with Crippen LogP contribution in [0.1, 0.15) is 30.0 Å². The Bertz CT molecular complexity index is 806. The van der Waals surface area contributed by atoms with Crippen molar-refractivity contribution in [2.75, 3.05) is 31.6 Å². The highest BCUT2D eigenvalue weighted by Crippen LogP contribution is 2.37. The van der Waals surface area contributed by atoms with E-state index in [-0.39, 0.29) is 11.9 Å². The molecular formula is C21H24N2O3. The third-order valence-corrected chi connectivity index (χ3v) is 4.96. The van der Waals surface area contributed by atoms with Crippen LogP contribution >= 0.6 is 0 Å². The molecule has 2 aliphatic heterocycles. The van der Waals surface area contributed by atoms with Crippen molar-refractivity contribution in [3.05, 3.63) is 53.6 Å². The zero-order valence-electron chi connectivity index (χ0n) is 15.0. The number of likely N-dealkylation sites (tertiary alicyclic amines) is 1. The first-order valence-electron chi connectivity index (χ1n) is 9.19. The van der Waals surface area contributed by atoms with Crippen LogP contribution in [0.25, 0.3) is 0 Å². The van der Waals surface area contributed by atoms with Gasteiger partial charge >= 0.3 is 0 Å². The zero-order chi connectivity index (χ0) is 17.9. The maximum absolute atomic E-state index is 12.5. The molecule has 1 N–H and O–H groups in total. The summed E-state index contributed by atoms with van der Waals surface area (Å²) in [6.07, 6.45) is 2.15. The lowest BCUT2D eigenvalue weighted by Crippen LogP contribution is -2.33. The molecular weight excluding hydrogens is 328 g/mol. The maximum Gasteiger partial charge on any atom is 0.238 e. The molecule has 1 atom stereocenters. The standard InChI is InChI=1S/C21H24N2O3/c1-15-4-2-5-17(12-15)22-21(24)14-23-9-3-6-18(23)16-7-8-19-20(13-16)26-11-10-25-19/h2,4-5,7-8,12-13,18H,3,6,9-11,14H2,1H3,(H,22,24)/t18-/m0/s1. The molecule has 1 amide bonds. The van der Waals surface area contributed by atoms with E-state index in [9.17, 15) is 4.79 Å². The molecule has 1 saturated heterocycles. The van der Waals surface area contributed by atoms with Crippen molar-refractivity contribution >= 4 is 11.6 Å². The van der Waals surface area contributed by atoms with Gasteiger partial charge in [-0.05, 0) is 61.7 Å². The minimum Gasteiger partial charge on any atom is -0.486 e. The van der Waals surface area contributed by atoms with Crippen molar-refractivity contribution in [3.8, 4) is 11.5 Å². The van der Waals surface area contributed by atoms with Gasteiger partial charge in [-0.15, -0.1) is 0 Å². The van der Waals surface area contributed by atoms with Crippen LogP contribution in [0.2, 0.25) is 0 Å². The number of hydrogen-bond donors (Lipinski definition) is 1. The van der Waals surface area contributed by atoms with Crippen LogP contribution in [-0.2, 0) is 4.79 Å². The van der Waals surface area contributed by atoms with E-state index in [2.05, 4.69) is 22.3 Å². The van der Waals surface area contributed by atoms with E-state index in [1.807, 2.05) is 37.3 Å². The van der Waals surface area contributed by atoms with Crippen molar-refractivity contribution in [2.24, 2.45) is 0 Å². The Morgan fingerprint density at radius 1 is 1.15 bits per heavy atom. The van der Waals surface area contributed by atoms with Gasteiger partial charge in [0.05, 0.1) is 6.54 Å². The van der Waals surface area contributed by atoms with E-state index in [0.717, 1.165) is 42.1 Å². The normalized spacial score (nSPS) is 19.3. The Balaban J connectivity index is 1.44. The number of carbonyl (C=O) groups is 1. The molecule has 0 saturated carbocycles. The molecule has 1 fully saturated rings. The molecule has 26 heavy (non-hydrogen) atoms. The summed E-state index contributed by atoms with van der Waals surface area (Å²) in [5.74, 6) is 1.64. The molecule has 5 nitrogen and oxygen atoms in total. The quantitative estimate of drug-likeness (QED) is 0.914. The minimum atomic E-state index is 0.0278. The number of nitrogens with zero attached hydrogens (tertiary/aromatic N) is 1. The van der Waals surface area contributed by atoms with Gasteiger partial charge in [0.2, 0.25) is 5.91 Å². The van der Waals surface area contributed by atoms with Crippen LogP contribution < -0.4 is 14.8 Å². The van der Waals surface area contributed by atoms with Gasteiger partial charge in [0.1, 0.15) is 13.2 Å². The van der Waals surface area contributed by atoms with Crippen LogP contribution in [0.3, 0.4) is 0 Å². The number of aryl methyl sites for hydroxylation is 1. The molecule has 2 aliphatic rings. The number of benzene rings is 2. The van der Waals surface area contributed by atoms with Crippen molar-refractivity contribution in [1.82, 2.24) is 4.90 Å². The fraction of sp³-hybridized carbons (Fsp3) is 0.381. The lowest BCUT2D eigenvalue weighted by atomic mass is 10.0. The smallest absolute Gasteiger partial charge is 0.238 e. The Morgan fingerprint density at radius 3 is 2.85 bits per heavy atom. The Labute approximate surface area is 153 Å². The monoisotopic (exact) mass is 352 g/mol. The number of ether oxygens (including phenoxy) is 2. The number of amides is 1. The number of hydrogen-bond acceptors (Lipinski definition) is 4. The number of anilines is 1. The molecule has 0 radical (unpaired) electrons. The first-order chi connectivity index (χ1) is 12.7. The summed E-state index contributed by atoms with van der Waals surface area (Å²) in [4.78, 5) is 14.7. The summed E-state index contributed by atoms with van der Waals surface area (Å²) in [5.41, 5.74) is 3.18. The second-order valence-corrected chi connectivity index (χ2v) is 6.95. The van der Waals surface area contributed by atoms with Gasteiger partial charge in [-0.2, -0.15) is 0 Å². The molecule has 2 aromatic rings. The van der Waals surface area contributed by atoms with Crippen LogP contribution in [0.4, 0.5) is 5.69 Å². The second-order valence-electron chi connectivity index (χ2n) is 6.95. The molecule has 0 aromatic heterocycles. The largest absolute Gasteiger partial charge is 0.486 e. The first kappa shape index (κ1) is 16.9. The van der Waals surface area contributed by atoms with Gasteiger partial charge < -0.3 is 14.8 Å². The number of carbonyl (C=O) groups excluding carboxylic acids is 1. The summed E-state index contributed by atoms with van der Waals surface area (Å²) in [6, 6.07) is 14.3. The van der Waals surface area contributed by atoms with E-state index in [0.29, 0.717) is 19.8 Å². The lowest BCUT2D eigenvalue weighted by molar-refractivity contribution is -0.117. The van der Waals surface area contributed by atoms with Crippen molar-refractivity contribution in [3.63, 3.8) is 0 Å². The highest BCUT2D eigenvalue weighted by Gasteiger charge is 2.28. The van der Waals surface area contributed by atoms with Gasteiger partial charge in [0, 0.05) is 11.7 Å². The maximum atomic E-state index is 12.5. The summed E-state index contributed by atoms with van der Waals surface area (Å²) in [5, 5.41) is 3.01. The van der Waals surface area contributed by atoms with Crippen molar-refractivity contribution < 1.29 is 14.3 Å². The summed E-state index contributed by atoms with van der Waals surface area (Å²) in [6.45, 7) is 4.53. The third kappa shape index (κ3) is 3.68. The van der Waals surface area contributed by atoms with Crippen LogP contribution in [0.15, 0.2) is 42.5 Å². The summed E-state index contributed by atoms with van der Waals surface area (Å²) >= 11 is 0. The predicted molar refractivity (Wildman–Crippen MR) is 101 cm³/mol. The molecule has 2 heterocycles. The fourth-order valence-electron chi connectivity index (χ4n) is 3.77. The molecule has 0 aliphatic carbocycles. The topological polar surface area (TPSA) is 50.8 Å². The van der Waals surface area contributed by atoms with Crippen LogP contribution in [0.5, 0.6) is 11.5 Å². The van der Waals surface area contributed by atoms with E-state index >= 15 is 0 Å². The van der Waals surface area contributed by atoms with Crippen molar-refractivity contribution in [1.29, 1.82) is 0 Å². The fourth-order valence-corrected chi connectivity index (χ4v) is 3.77. The van der Waals surface area contributed by atoms with E-state index in [4.69, 9.17) is 9.47 Å². The van der Waals surface area contributed by atoms with E-state index < -0.39 is 0 Å². The number of fused-ring (bicyclic) bond motifs is 1. The van der Waals surface area contributed by atoms with Crippen molar-refractivity contribution in [2.45, 2.75) is 25.8 Å².